The van der Waals surface area contributed by atoms with Gasteiger partial charge in [0.2, 0.25) is 0 Å². The monoisotopic (exact) mass is 261 g/mol. The van der Waals surface area contributed by atoms with Crippen molar-refractivity contribution >= 4 is 16.6 Å². The molecule has 0 amide bonds. The number of aryl methyl sites for hydroxylation is 1. The molecule has 1 saturated heterocycles. The summed E-state index contributed by atoms with van der Waals surface area (Å²) in [6, 6.07) is 4.85. The first-order valence-corrected chi connectivity index (χ1v) is 6.41. The Labute approximate surface area is 110 Å². The Kier molecular flexibility index (Phi) is 2.94. The molecule has 2 heterocycles. The number of benzene rings is 1. The molecule has 19 heavy (non-hydrogen) atoms. The molecule has 2 aromatic rings. The summed E-state index contributed by atoms with van der Waals surface area (Å²) in [7, 11) is 0. The minimum atomic E-state index is -0.382. The first-order chi connectivity index (χ1) is 9.16. The summed E-state index contributed by atoms with van der Waals surface area (Å²) < 4.78 is 7.58. The number of hydrogen-bond donors (Lipinski definition) is 0. The molecule has 0 aliphatic carbocycles. The average Bonchev–Trinajstić information content (AvgIpc) is 2.77. The molecular formula is C13H15N3O3. The Morgan fingerprint density at radius 2 is 2.32 bits per heavy atom. The van der Waals surface area contributed by atoms with Crippen LogP contribution in [0.25, 0.3) is 10.9 Å². The third-order valence-corrected chi connectivity index (χ3v) is 3.51. The first kappa shape index (κ1) is 12.1. The fourth-order valence-corrected chi connectivity index (χ4v) is 2.53. The SMILES string of the molecule is Cc1nn(C2CCCCO2)c2ccc([N+](=O)[O-])cc12. The molecule has 100 valence electrons. The minimum absolute atomic E-state index is 0.0496. The zero-order chi connectivity index (χ0) is 13.4. The van der Waals surface area contributed by atoms with Crippen LogP contribution >= 0.6 is 0 Å². The molecule has 0 N–H and O–H groups in total. The highest BCUT2D eigenvalue weighted by Gasteiger charge is 2.21. The third kappa shape index (κ3) is 2.08. The molecule has 0 saturated carbocycles. The van der Waals surface area contributed by atoms with Crippen molar-refractivity contribution in [1.29, 1.82) is 0 Å². The number of non-ortho nitro benzene ring substituents is 1. The molecule has 1 fully saturated rings. The molecule has 0 radical (unpaired) electrons. The van der Waals surface area contributed by atoms with Gasteiger partial charge in [0.1, 0.15) is 0 Å². The maximum atomic E-state index is 10.8. The highest BCUT2D eigenvalue weighted by molar-refractivity contribution is 5.84. The Hall–Kier alpha value is -1.95. The number of hydrogen-bond acceptors (Lipinski definition) is 4. The molecule has 3 rings (SSSR count). The average molecular weight is 261 g/mol. The second-order valence-corrected chi connectivity index (χ2v) is 4.81. The largest absolute Gasteiger partial charge is 0.356 e. The van der Waals surface area contributed by atoms with E-state index in [0.29, 0.717) is 0 Å². The number of rotatable bonds is 2. The lowest BCUT2D eigenvalue weighted by Crippen LogP contribution is -2.19. The van der Waals surface area contributed by atoms with Crippen molar-refractivity contribution in [3.8, 4) is 0 Å². The van der Waals surface area contributed by atoms with Crippen LogP contribution in [0.4, 0.5) is 5.69 Å². The standard InChI is InChI=1S/C13H15N3O3/c1-9-11-8-10(16(17)18)5-6-12(11)15(14-9)13-4-2-3-7-19-13/h5-6,8,13H,2-4,7H2,1H3. The Bertz CT molecular complexity index is 629. The van der Waals surface area contributed by atoms with Crippen LogP contribution in [0.5, 0.6) is 0 Å². The van der Waals surface area contributed by atoms with Gasteiger partial charge in [0.15, 0.2) is 6.23 Å². The van der Waals surface area contributed by atoms with E-state index in [0.717, 1.165) is 42.5 Å². The molecule has 1 aliphatic rings. The topological polar surface area (TPSA) is 70.2 Å². The molecular weight excluding hydrogens is 246 g/mol. The van der Waals surface area contributed by atoms with E-state index < -0.39 is 0 Å². The zero-order valence-electron chi connectivity index (χ0n) is 10.7. The highest BCUT2D eigenvalue weighted by Crippen LogP contribution is 2.29. The van der Waals surface area contributed by atoms with Crippen molar-refractivity contribution in [2.75, 3.05) is 6.61 Å². The lowest BCUT2D eigenvalue weighted by Gasteiger charge is -2.23. The smallest absolute Gasteiger partial charge is 0.270 e. The molecule has 1 atom stereocenters. The molecule has 0 bridgehead atoms. The second kappa shape index (κ2) is 4.62. The summed E-state index contributed by atoms with van der Waals surface area (Å²) in [5.41, 5.74) is 1.79. The van der Waals surface area contributed by atoms with E-state index >= 15 is 0 Å². The van der Waals surface area contributed by atoms with Gasteiger partial charge in [-0.2, -0.15) is 5.10 Å². The molecule has 6 nitrogen and oxygen atoms in total. The van der Waals surface area contributed by atoms with Crippen LogP contribution in [0.2, 0.25) is 0 Å². The van der Waals surface area contributed by atoms with Gasteiger partial charge in [-0.3, -0.25) is 10.1 Å². The Morgan fingerprint density at radius 3 is 3.00 bits per heavy atom. The zero-order valence-corrected chi connectivity index (χ0v) is 10.7. The number of aromatic nitrogens is 2. The Balaban J connectivity index is 2.08. The van der Waals surface area contributed by atoms with Gasteiger partial charge in [-0.15, -0.1) is 0 Å². The van der Waals surface area contributed by atoms with Crippen molar-refractivity contribution in [2.45, 2.75) is 32.4 Å². The van der Waals surface area contributed by atoms with E-state index in [1.54, 1.807) is 12.1 Å². The number of ether oxygens (including phenoxy) is 1. The third-order valence-electron chi connectivity index (χ3n) is 3.51. The minimum Gasteiger partial charge on any atom is -0.356 e. The predicted octanol–water partition coefficient (Wildman–Crippen LogP) is 2.95. The molecule has 1 aromatic carbocycles. The fraction of sp³-hybridized carbons (Fsp3) is 0.462. The molecule has 0 spiro atoms. The van der Waals surface area contributed by atoms with Gasteiger partial charge in [-0.1, -0.05) is 0 Å². The van der Waals surface area contributed by atoms with E-state index in [4.69, 9.17) is 4.74 Å². The normalized spacial score (nSPS) is 19.7. The van der Waals surface area contributed by atoms with Crippen LogP contribution in [0.3, 0.4) is 0 Å². The van der Waals surface area contributed by atoms with Crippen LogP contribution in [-0.4, -0.2) is 21.3 Å². The van der Waals surface area contributed by atoms with Crippen LogP contribution in [0.15, 0.2) is 18.2 Å². The van der Waals surface area contributed by atoms with Gasteiger partial charge < -0.3 is 4.74 Å². The van der Waals surface area contributed by atoms with Crippen LogP contribution in [0, 0.1) is 17.0 Å². The fourth-order valence-electron chi connectivity index (χ4n) is 2.53. The van der Waals surface area contributed by atoms with Crippen molar-refractivity contribution < 1.29 is 9.66 Å². The van der Waals surface area contributed by atoms with Crippen molar-refractivity contribution in [2.24, 2.45) is 0 Å². The second-order valence-electron chi connectivity index (χ2n) is 4.81. The van der Waals surface area contributed by atoms with Gasteiger partial charge in [-0.05, 0) is 32.3 Å². The lowest BCUT2D eigenvalue weighted by molar-refractivity contribution is -0.384. The maximum absolute atomic E-state index is 10.8. The van der Waals surface area contributed by atoms with Gasteiger partial charge in [0.25, 0.3) is 5.69 Å². The maximum Gasteiger partial charge on any atom is 0.270 e. The summed E-state index contributed by atoms with van der Waals surface area (Å²) in [6.45, 7) is 2.61. The van der Waals surface area contributed by atoms with Gasteiger partial charge in [0, 0.05) is 24.1 Å². The van der Waals surface area contributed by atoms with Crippen molar-refractivity contribution in [3.05, 3.63) is 34.0 Å². The summed E-state index contributed by atoms with van der Waals surface area (Å²) in [6.07, 6.45) is 3.09. The molecule has 1 aliphatic heterocycles. The van der Waals surface area contributed by atoms with Gasteiger partial charge in [0.05, 0.1) is 16.1 Å². The molecule has 1 aromatic heterocycles. The van der Waals surface area contributed by atoms with Crippen molar-refractivity contribution in [3.63, 3.8) is 0 Å². The summed E-state index contributed by atoms with van der Waals surface area (Å²) in [5, 5.41) is 16.1. The summed E-state index contributed by atoms with van der Waals surface area (Å²) in [4.78, 5) is 10.4. The number of nitro groups is 1. The number of fused-ring (bicyclic) bond motifs is 1. The van der Waals surface area contributed by atoms with E-state index in [1.807, 2.05) is 11.6 Å². The quantitative estimate of drug-likeness (QED) is 0.615. The predicted molar refractivity (Wildman–Crippen MR) is 70.0 cm³/mol. The molecule has 6 heteroatoms. The highest BCUT2D eigenvalue weighted by atomic mass is 16.6. The van der Waals surface area contributed by atoms with E-state index in [2.05, 4.69) is 5.10 Å². The molecule has 1 unspecified atom stereocenters. The van der Waals surface area contributed by atoms with Crippen LogP contribution in [-0.2, 0) is 4.74 Å². The van der Waals surface area contributed by atoms with E-state index in [1.165, 1.54) is 6.07 Å². The first-order valence-electron chi connectivity index (χ1n) is 6.41. The number of nitro benzene ring substituents is 1. The van der Waals surface area contributed by atoms with Crippen LogP contribution in [0.1, 0.15) is 31.2 Å². The van der Waals surface area contributed by atoms with Gasteiger partial charge >= 0.3 is 0 Å². The Morgan fingerprint density at radius 1 is 1.47 bits per heavy atom. The number of nitrogens with zero attached hydrogens (tertiary/aromatic N) is 3. The summed E-state index contributed by atoms with van der Waals surface area (Å²) in [5.74, 6) is 0. The van der Waals surface area contributed by atoms with Crippen LogP contribution < -0.4 is 0 Å². The lowest BCUT2D eigenvalue weighted by atomic mass is 10.1. The van der Waals surface area contributed by atoms with E-state index in [9.17, 15) is 10.1 Å². The summed E-state index contributed by atoms with van der Waals surface area (Å²) >= 11 is 0. The van der Waals surface area contributed by atoms with Gasteiger partial charge in [-0.25, -0.2) is 4.68 Å². The van der Waals surface area contributed by atoms with Crippen molar-refractivity contribution in [1.82, 2.24) is 9.78 Å². The van der Waals surface area contributed by atoms with E-state index in [-0.39, 0.29) is 16.8 Å².